The maximum atomic E-state index is 12.2. The van der Waals surface area contributed by atoms with Crippen LogP contribution in [0.25, 0.3) is 0 Å². The number of hydrogen-bond donors (Lipinski definition) is 1. The number of benzene rings is 2. The number of rotatable bonds is 7. The van der Waals surface area contributed by atoms with E-state index in [9.17, 15) is 13.6 Å². The van der Waals surface area contributed by atoms with Crippen LogP contribution in [0.15, 0.2) is 47.4 Å². The number of carbonyl (C=O) groups excluding carboxylic acids is 1. The third kappa shape index (κ3) is 5.58. The van der Waals surface area contributed by atoms with E-state index in [1.165, 1.54) is 30.0 Å². The van der Waals surface area contributed by atoms with Crippen LogP contribution in [-0.2, 0) is 4.79 Å². The summed E-state index contributed by atoms with van der Waals surface area (Å²) in [7, 11) is 1.58. The number of amides is 1. The zero-order valence-corrected chi connectivity index (χ0v) is 14.2. The highest BCUT2D eigenvalue weighted by Gasteiger charge is 2.10. The second-order valence-electron chi connectivity index (χ2n) is 4.54. The van der Waals surface area contributed by atoms with Gasteiger partial charge in [-0.05, 0) is 42.5 Å². The summed E-state index contributed by atoms with van der Waals surface area (Å²) < 4.78 is 33.6. The first-order chi connectivity index (χ1) is 11.5. The van der Waals surface area contributed by atoms with Gasteiger partial charge in [0, 0.05) is 10.6 Å². The molecule has 0 atom stereocenters. The molecule has 0 bridgehead atoms. The van der Waals surface area contributed by atoms with Gasteiger partial charge in [-0.3, -0.25) is 4.79 Å². The number of nitrogens with one attached hydrogen (secondary N) is 1. The normalized spacial score (nSPS) is 10.5. The molecule has 0 spiro atoms. The van der Waals surface area contributed by atoms with E-state index in [1.807, 2.05) is 24.3 Å². The summed E-state index contributed by atoms with van der Waals surface area (Å²) >= 11 is 7.19. The van der Waals surface area contributed by atoms with Crippen molar-refractivity contribution >= 4 is 35.0 Å². The molecular weight excluding hydrogens is 360 g/mol. The molecule has 4 nitrogen and oxygen atoms in total. The van der Waals surface area contributed by atoms with Crippen LogP contribution in [0.5, 0.6) is 11.5 Å². The topological polar surface area (TPSA) is 47.6 Å². The zero-order chi connectivity index (χ0) is 17.5. The van der Waals surface area contributed by atoms with Crippen molar-refractivity contribution in [2.75, 3.05) is 18.2 Å². The second kappa shape index (κ2) is 8.75. The van der Waals surface area contributed by atoms with Crippen molar-refractivity contribution in [3.63, 3.8) is 0 Å². The lowest BCUT2D eigenvalue weighted by Crippen LogP contribution is -2.14. The fourth-order valence-corrected chi connectivity index (χ4v) is 2.71. The number of alkyl halides is 2. The van der Waals surface area contributed by atoms with Crippen LogP contribution in [0.1, 0.15) is 0 Å². The molecule has 0 heterocycles. The standard InChI is InChI=1S/C16H14ClF2NO3S/c1-22-11-3-5-12(6-4-11)24-9-15(21)20-10-2-7-14(13(17)8-10)23-16(18)19/h2-8,16H,9H2,1H3,(H,20,21). The van der Waals surface area contributed by atoms with E-state index in [4.69, 9.17) is 16.3 Å². The fraction of sp³-hybridized carbons (Fsp3) is 0.188. The van der Waals surface area contributed by atoms with E-state index in [2.05, 4.69) is 10.1 Å². The van der Waals surface area contributed by atoms with Crippen molar-refractivity contribution in [1.29, 1.82) is 0 Å². The number of carbonyl (C=O) groups is 1. The van der Waals surface area contributed by atoms with Gasteiger partial charge in [-0.1, -0.05) is 11.6 Å². The molecule has 0 fully saturated rings. The number of thioether (sulfide) groups is 1. The predicted molar refractivity (Wildman–Crippen MR) is 90.4 cm³/mol. The maximum Gasteiger partial charge on any atom is 0.387 e. The Bertz CT molecular complexity index is 698. The van der Waals surface area contributed by atoms with Crippen molar-refractivity contribution in [2.45, 2.75) is 11.5 Å². The van der Waals surface area contributed by atoms with Crippen LogP contribution in [0.4, 0.5) is 14.5 Å². The van der Waals surface area contributed by atoms with E-state index in [0.29, 0.717) is 5.69 Å². The zero-order valence-electron chi connectivity index (χ0n) is 12.6. The quantitative estimate of drug-likeness (QED) is 0.716. The Morgan fingerprint density at radius 3 is 2.54 bits per heavy atom. The predicted octanol–water partition coefficient (Wildman–Crippen LogP) is 4.68. The molecule has 128 valence electrons. The van der Waals surface area contributed by atoms with Gasteiger partial charge in [0.2, 0.25) is 5.91 Å². The number of ether oxygens (including phenoxy) is 2. The largest absolute Gasteiger partial charge is 0.497 e. The molecule has 0 aliphatic carbocycles. The average molecular weight is 374 g/mol. The van der Waals surface area contributed by atoms with Crippen LogP contribution in [0.2, 0.25) is 5.02 Å². The molecule has 8 heteroatoms. The lowest BCUT2D eigenvalue weighted by molar-refractivity contribution is -0.113. The summed E-state index contributed by atoms with van der Waals surface area (Å²) in [5, 5.41) is 2.64. The number of anilines is 1. The Labute approximate surface area is 147 Å². The molecule has 0 aliphatic heterocycles. The van der Waals surface area contributed by atoms with Gasteiger partial charge in [-0.25, -0.2) is 0 Å². The molecule has 1 N–H and O–H groups in total. The SMILES string of the molecule is COc1ccc(SCC(=O)Nc2ccc(OC(F)F)c(Cl)c2)cc1. The third-order valence-electron chi connectivity index (χ3n) is 2.86. The number of halogens is 3. The van der Waals surface area contributed by atoms with Crippen molar-refractivity contribution in [3.05, 3.63) is 47.5 Å². The minimum absolute atomic E-state index is 0.00379. The van der Waals surface area contributed by atoms with Gasteiger partial charge >= 0.3 is 6.61 Å². The summed E-state index contributed by atoms with van der Waals surface area (Å²) in [4.78, 5) is 12.9. The summed E-state index contributed by atoms with van der Waals surface area (Å²) in [5.41, 5.74) is 0.405. The minimum atomic E-state index is -2.95. The number of hydrogen-bond acceptors (Lipinski definition) is 4. The van der Waals surface area contributed by atoms with Gasteiger partial charge < -0.3 is 14.8 Å². The first kappa shape index (κ1) is 18.4. The summed E-state index contributed by atoms with van der Waals surface area (Å²) in [6.07, 6.45) is 0. The van der Waals surface area contributed by atoms with E-state index < -0.39 is 6.61 Å². The molecule has 1 amide bonds. The monoisotopic (exact) mass is 373 g/mol. The third-order valence-corrected chi connectivity index (χ3v) is 4.17. The van der Waals surface area contributed by atoms with E-state index in [1.54, 1.807) is 7.11 Å². The van der Waals surface area contributed by atoms with Gasteiger partial charge in [0.05, 0.1) is 17.9 Å². The highest BCUT2D eigenvalue weighted by Crippen LogP contribution is 2.29. The minimum Gasteiger partial charge on any atom is -0.497 e. The highest BCUT2D eigenvalue weighted by molar-refractivity contribution is 8.00. The van der Waals surface area contributed by atoms with E-state index >= 15 is 0 Å². The van der Waals surface area contributed by atoms with Crippen LogP contribution < -0.4 is 14.8 Å². The highest BCUT2D eigenvalue weighted by atomic mass is 35.5. The summed E-state index contributed by atoms with van der Waals surface area (Å²) in [5.74, 6) is 0.551. The van der Waals surface area contributed by atoms with Crippen molar-refractivity contribution in [2.24, 2.45) is 0 Å². The van der Waals surface area contributed by atoms with Crippen molar-refractivity contribution in [3.8, 4) is 11.5 Å². The molecular formula is C16H14ClF2NO3S. The lowest BCUT2D eigenvalue weighted by atomic mass is 10.3. The lowest BCUT2D eigenvalue weighted by Gasteiger charge is -2.09. The van der Waals surface area contributed by atoms with E-state index in [-0.39, 0.29) is 22.4 Å². The summed E-state index contributed by atoms with van der Waals surface area (Å²) in [6.45, 7) is -2.95. The van der Waals surface area contributed by atoms with Crippen LogP contribution in [-0.4, -0.2) is 25.4 Å². The van der Waals surface area contributed by atoms with E-state index in [0.717, 1.165) is 10.6 Å². The van der Waals surface area contributed by atoms with Crippen LogP contribution in [0, 0.1) is 0 Å². The Morgan fingerprint density at radius 2 is 1.96 bits per heavy atom. The Hall–Kier alpha value is -1.99. The molecule has 2 rings (SSSR count). The first-order valence-corrected chi connectivity index (χ1v) is 8.15. The molecule has 24 heavy (non-hydrogen) atoms. The average Bonchev–Trinajstić information content (AvgIpc) is 2.55. The first-order valence-electron chi connectivity index (χ1n) is 6.79. The van der Waals surface area contributed by atoms with Crippen LogP contribution >= 0.6 is 23.4 Å². The molecule has 2 aromatic rings. The van der Waals surface area contributed by atoms with Crippen LogP contribution in [0.3, 0.4) is 0 Å². The molecule has 2 aromatic carbocycles. The molecule has 0 radical (unpaired) electrons. The maximum absolute atomic E-state index is 12.2. The Kier molecular flexibility index (Phi) is 6.69. The van der Waals surface area contributed by atoms with Gasteiger partial charge in [0.25, 0.3) is 0 Å². The van der Waals surface area contributed by atoms with Gasteiger partial charge in [-0.15, -0.1) is 11.8 Å². The smallest absolute Gasteiger partial charge is 0.387 e. The molecule has 0 saturated carbocycles. The van der Waals surface area contributed by atoms with Crippen molar-refractivity contribution in [1.82, 2.24) is 0 Å². The van der Waals surface area contributed by atoms with Crippen molar-refractivity contribution < 1.29 is 23.0 Å². The number of methoxy groups -OCH3 is 1. The molecule has 0 unspecified atom stereocenters. The Morgan fingerprint density at radius 1 is 1.25 bits per heavy atom. The molecule has 0 saturated heterocycles. The fourth-order valence-electron chi connectivity index (χ4n) is 1.79. The molecule has 0 aromatic heterocycles. The molecule has 0 aliphatic rings. The van der Waals surface area contributed by atoms with Gasteiger partial charge in [-0.2, -0.15) is 8.78 Å². The second-order valence-corrected chi connectivity index (χ2v) is 5.99. The summed E-state index contributed by atoms with van der Waals surface area (Å²) in [6, 6.07) is 11.4. The van der Waals surface area contributed by atoms with Gasteiger partial charge in [0.1, 0.15) is 11.5 Å². The van der Waals surface area contributed by atoms with Gasteiger partial charge in [0.15, 0.2) is 0 Å². The Balaban J connectivity index is 1.88.